The van der Waals surface area contributed by atoms with Crippen LogP contribution in [0.1, 0.15) is 71.6 Å². The van der Waals surface area contributed by atoms with E-state index in [1.165, 1.54) is 25.7 Å². The van der Waals surface area contributed by atoms with Gasteiger partial charge in [-0.25, -0.2) is 0 Å². The molecule has 1 amide bonds. The van der Waals surface area contributed by atoms with Crippen LogP contribution >= 0.6 is 0 Å². The molecule has 0 bridgehead atoms. The minimum Gasteiger partial charge on any atom is -0.340 e. The van der Waals surface area contributed by atoms with Crippen molar-refractivity contribution in [3.05, 3.63) is 0 Å². The van der Waals surface area contributed by atoms with E-state index in [4.69, 9.17) is 5.73 Å². The van der Waals surface area contributed by atoms with E-state index in [0.29, 0.717) is 24.3 Å². The van der Waals surface area contributed by atoms with Gasteiger partial charge in [-0.15, -0.1) is 0 Å². The first-order valence-corrected chi connectivity index (χ1v) is 8.14. The third-order valence-electron chi connectivity index (χ3n) is 4.13. The second kappa shape index (κ2) is 9.35. The van der Waals surface area contributed by atoms with Gasteiger partial charge in [0.1, 0.15) is 0 Å². The summed E-state index contributed by atoms with van der Waals surface area (Å²) < 4.78 is 0. The Bertz CT molecular complexity index is 247. The SMILES string of the molecule is CC(C)CCN(C(=O)CCCCCN)C1CCCC1. The lowest BCUT2D eigenvalue weighted by Gasteiger charge is -2.30. The molecule has 0 aliphatic heterocycles. The first-order chi connectivity index (χ1) is 9.15. The van der Waals surface area contributed by atoms with Gasteiger partial charge in [-0.1, -0.05) is 33.1 Å². The first-order valence-electron chi connectivity index (χ1n) is 8.14. The van der Waals surface area contributed by atoms with Gasteiger partial charge in [-0.3, -0.25) is 4.79 Å². The van der Waals surface area contributed by atoms with Crippen LogP contribution in [0.5, 0.6) is 0 Å². The Morgan fingerprint density at radius 2 is 1.89 bits per heavy atom. The molecule has 3 heteroatoms. The second-order valence-electron chi connectivity index (χ2n) is 6.31. The van der Waals surface area contributed by atoms with E-state index >= 15 is 0 Å². The summed E-state index contributed by atoms with van der Waals surface area (Å²) in [4.78, 5) is 14.6. The van der Waals surface area contributed by atoms with Crippen molar-refractivity contribution in [2.45, 2.75) is 77.7 Å². The topological polar surface area (TPSA) is 46.3 Å². The third-order valence-corrected chi connectivity index (χ3v) is 4.13. The van der Waals surface area contributed by atoms with Crippen LogP contribution in [-0.4, -0.2) is 29.9 Å². The first kappa shape index (κ1) is 16.5. The van der Waals surface area contributed by atoms with E-state index in [1.807, 2.05) is 0 Å². The largest absolute Gasteiger partial charge is 0.340 e. The van der Waals surface area contributed by atoms with Crippen molar-refractivity contribution < 1.29 is 4.79 Å². The number of carbonyl (C=O) groups is 1. The predicted octanol–water partition coefficient (Wildman–Crippen LogP) is 3.32. The summed E-state index contributed by atoms with van der Waals surface area (Å²) in [5.74, 6) is 1.05. The molecule has 0 aromatic rings. The molecule has 0 unspecified atom stereocenters. The maximum atomic E-state index is 12.4. The van der Waals surface area contributed by atoms with Gasteiger partial charge in [0.05, 0.1) is 0 Å². The molecule has 1 aliphatic rings. The number of amides is 1. The summed E-state index contributed by atoms with van der Waals surface area (Å²) >= 11 is 0. The van der Waals surface area contributed by atoms with E-state index < -0.39 is 0 Å². The highest BCUT2D eigenvalue weighted by Gasteiger charge is 2.25. The van der Waals surface area contributed by atoms with E-state index in [1.54, 1.807) is 0 Å². The fourth-order valence-corrected chi connectivity index (χ4v) is 2.87. The Kier molecular flexibility index (Phi) is 8.11. The molecule has 0 aromatic carbocycles. The molecule has 19 heavy (non-hydrogen) atoms. The Labute approximate surface area is 118 Å². The summed E-state index contributed by atoms with van der Waals surface area (Å²) in [5, 5.41) is 0. The van der Waals surface area contributed by atoms with Gasteiger partial charge in [-0.05, 0) is 44.6 Å². The van der Waals surface area contributed by atoms with E-state index in [-0.39, 0.29) is 0 Å². The van der Waals surface area contributed by atoms with Crippen molar-refractivity contribution in [3.8, 4) is 0 Å². The average Bonchev–Trinajstić information content (AvgIpc) is 2.88. The van der Waals surface area contributed by atoms with Gasteiger partial charge < -0.3 is 10.6 Å². The van der Waals surface area contributed by atoms with Crippen LogP contribution in [-0.2, 0) is 4.79 Å². The molecule has 1 fully saturated rings. The number of nitrogens with two attached hydrogens (primary N) is 1. The Morgan fingerprint density at radius 3 is 2.47 bits per heavy atom. The Hall–Kier alpha value is -0.570. The molecule has 0 heterocycles. The minimum absolute atomic E-state index is 0.379. The Balaban J connectivity index is 2.39. The maximum absolute atomic E-state index is 12.4. The zero-order valence-corrected chi connectivity index (χ0v) is 12.9. The average molecular weight is 268 g/mol. The molecule has 112 valence electrons. The van der Waals surface area contributed by atoms with Crippen LogP contribution in [0.15, 0.2) is 0 Å². The molecule has 0 saturated heterocycles. The van der Waals surface area contributed by atoms with Crippen molar-refractivity contribution in [1.82, 2.24) is 4.90 Å². The van der Waals surface area contributed by atoms with Crippen molar-refractivity contribution in [2.75, 3.05) is 13.1 Å². The standard InChI is InChI=1S/C16H32N2O/c1-14(2)11-13-18(15-8-5-6-9-15)16(19)10-4-3-7-12-17/h14-15H,3-13,17H2,1-2H3. The molecule has 3 nitrogen and oxygen atoms in total. The molecule has 1 saturated carbocycles. The van der Waals surface area contributed by atoms with Gasteiger partial charge in [0.25, 0.3) is 0 Å². The normalized spacial score (nSPS) is 16.2. The lowest BCUT2D eigenvalue weighted by Crippen LogP contribution is -2.39. The van der Waals surface area contributed by atoms with Crippen molar-refractivity contribution in [2.24, 2.45) is 11.7 Å². The van der Waals surface area contributed by atoms with E-state index in [0.717, 1.165) is 38.8 Å². The summed E-state index contributed by atoms with van der Waals surface area (Å²) in [6.07, 6.45) is 10.0. The number of unbranched alkanes of at least 4 members (excludes halogenated alkanes) is 2. The van der Waals surface area contributed by atoms with Crippen LogP contribution in [0.3, 0.4) is 0 Å². The van der Waals surface area contributed by atoms with Crippen LogP contribution in [0, 0.1) is 5.92 Å². The third kappa shape index (κ3) is 6.42. The molecule has 0 atom stereocenters. The van der Waals surface area contributed by atoms with Gasteiger partial charge in [0.2, 0.25) is 5.91 Å². The fourth-order valence-electron chi connectivity index (χ4n) is 2.87. The fraction of sp³-hybridized carbons (Fsp3) is 0.938. The Morgan fingerprint density at radius 1 is 1.21 bits per heavy atom. The quantitative estimate of drug-likeness (QED) is 0.652. The number of carbonyl (C=O) groups excluding carboxylic acids is 1. The number of rotatable bonds is 9. The second-order valence-corrected chi connectivity index (χ2v) is 6.31. The zero-order chi connectivity index (χ0) is 14.1. The summed E-state index contributed by atoms with van der Waals surface area (Å²) in [7, 11) is 0. The van der Waals surface area contributed by atoms with Crippen molar-refractivity contribution in [3.63, 3.8) is 0 Å². The summed E-state index contributed by atoms with van der Waals surface area (Å²) in [6.45, 7) is 6.17. The van der Waals surface area contributed by atoms with E-state index in [2.05, 4.69) is 18.7 Å². The highest BCUT2D eigenvalue weighted by atomic mass is 16.2. The van der Waals surface area contributed by atoms with Crippen molar-refractivity contribution in [1.29, 1.82) is 0 Å². The van der Waals surface area contributed by atoms with Gasteiger partial charge in [-0.2, -0.15) is 0 Å². The monoisotopic (exact) mass is 268 g/mol. The lowest BCUT2D eigenvalue weighted by atomic mass is 10.1. The number of hydrogen-bond acceptors (Lipinski definition) is 2. The maximum Gasteiger partial charge on any atom is 0.222 e. The predicted molar refractivity (Wildman–Crippen MR) is 80.9 cm³/mol. The van der Waals surface area contributed by atoms with Crippen molar-refractivity contribution >= 4 is 5.91 Å². The molecular formula is C16H32N2O. The summed E-state index contributed by atoms with van der Waals surface area (Å²) in [6, 6.07) is 0.528. The number of nitrogens with zero attached hydrogens (tertiary/aromatic N) is 1. The lowest BCUT2D eigenvalue weighted by molar-refractivity contribution is -0.133. The smallest absolute Gasteiger partial charge is 0.222 e. The van der Waals surface area contributed by atoms with Gasteiger partial charge in [0.15, 0.2) is 0 Å². The zero-order valence-electron chi connectivity index (χ0n) is 12.9. The van der Waals surface area contributed by atoms with Crippen LogP contribution < -0.4 is 5.73 Å². The molecule has 0 radical (unpaired) electrons. The van der Waals surface area contributed by atoms with Crippen LogP contribution in [0.4, 0.5) is 0 Å². The molecular weight excluding hydrogens is 236 g/mol. The highest BCUT2D eigenvalue weighted by molar-refractivity contribution is 5.76. The molecule has 1 aliphatic carbocycles. The summed E-state index contributed by atoms with van der Waals surface area (Å²) in [5.41, 5.74) is 5.49. The van der Waals surface area contributed by atoms with Crippen LogP contribution in [0.25, 0.3) is 0 Å². The highest BCUT2D eigenvalue weighted by Crippen LogP contribution is 2.25. The van der Waals surface area contributed by atoms with Gasteiger partial charge >= 0.3 is 0 Å². The molecule has 2 N–H and O–H groups in total. The number of hydrogen-bond donors (Lipinski definition) is 1. The molecule has 0 aromatic heterocycles. The van der Waals surface area contributed by atoms with E-state index in [9.17, 15) is 4.79 Å². The minimum atomic E-state index is 0.379. The molecule has 0 spiro atoms. The van der Waals surface area contributed by atoms with Gasteiger partial charge in [0, 0.05) is 19.0 Å². The molecule has 1 rings (SSSR count). The van der Waals surface area contributed by atoms with Crippen LogP contribution in [0.2, 0.25) is 0 Å².